The second-order valence-electron chi connectivity index (χ2n) is 6.62. The maximum absolute atomic E-state index is 12.5. The van der Waals surface area contributed by atoms with E-state index in [1.54, 1.807) is 21.9 Å². The molecule has 1 aromatic heterocycles. The quantitative estimate of drug-likeness (QED) is 0.739. The Hall–Kier alpha value is -2.28. The monoisotopic (exact) mass is 434 g/mol. The average Bonchev–Trinajstić information content (AvgIpc) is 2.94. The van der Waals surface area contributed by atoms with Gasteiger partial charge in [-0.15, -0.1) is 0 Å². The highest BCUT2D eigenvalue weighted by atomic mass is 79.9. The molecule has 1 aliphatic heterocycles. The molecule has 0 unspecified atom stereocenters. The van der Waals surface area contributed by atoms with Crippen LogP contribution in [0.4, 0.5) is 0 Å². The van der Waals surface area contributed by atoms with Gasteiger partial charge in [0.05, 0.1) is 0 Å². The lowest BCUT2D eigenvalue weighted by Gasteiger charge is -2.22. The van der Waals surface area contributed by atoms with Crippen molar-refractivity contribution in [1.29, 1.82) is 0 Å². The highest BCUT2D eigenvalue weighted by Crippen LogP contribution is 2.21. The summed E-state index contributed by atoms with van der Waals surface area (Å²) in [4.78, 5) is 28.5. The largest absolute Gasteiger partial charge is 0.483 e. The van der Waals surface area contributed by atoms with Crippen molar-refractivity contribution in [2.24, 2.45) is 0 Å². The van der Waals surface area contributed by atoms with E-state index in [0.717, 1.165) is 23.3 Å². The first-order chi connectivity index (χ1) is 13.0. The molecule has 1 fully saturated rings. The minimum atomic E-state index is -0.151. The molecule has 27 heavy (non-hydrogen) atoms. The van der Waals surface area contributed by atoms with Crippen LogP contribution in [0.15, 0.2) is 39.4 Å². The van der Waals surface area contributed by atoms with Crippen molar-refractivity contribution in [2.75, 3.05) is 32.8 Å². The molecule has 0 radical (unpaired) electrons. The molecule has 0 spiro atoms. The van der Waals surface area contributed by atoms with Crippen LogP contribution in [-0.2, 0) is 4.79 Å². The molecule has 6 nitrogen and oxygen atoms in total. The molecule has 1 aromatic carbocycles. The number of hydrogen-bond donors (Lipinski definition) is 0. The molecule has 2 heterocycles. The van der Waals surface area contributed by atoms with Crippen LogP contribution in [0.2, 0.25) is 0 Å². The number of halogens is 1. The number of carbonyl (C=O) groups is 2. The van der Waals surface area contributed by atoms with Gasteiger partial charge in [-0.3, -0.25) is 9.59 Å². The van der Waals surface area contributed by atoms with Gasteiger partial charge in [-0.25, -0.2) is 0 Å². The third kappa shape index (κ3) is 4.71. The Kier molecular flexibility index (Phi) is 6.21. The molecular formula is C20H23BrN2O4. The molecule has 0 atom stereocenters. The summed E-state index contributed by atoms with van der Waals surface area (Å²) in [6, 6.07) is 9.16. The second kappa shape index (κ2) is 8.61. The van der Waals surface area contributed by atoms with E-state index in [-0.39, 0.29) is 18.4 Å². The van der Waals surface area contributed by atoms with Crippen molar-refractivity contribution in [3.05, 3.63) is 51.9 Å². The summed E-state index contributed by atoms with van der Waals surface area (Å²) >= 11 is 3.21. The summed E-state index contributed by atoms with van der Waals surface area (Å²) in [7, 11) is 0. The maximum Gasteiger partial charge on any atom is 0.289 e. The van der Waals surface area contributed by atoms with Crippen LogP contribution in [0.25, 0.3) is 0 Å². The Labute approximate surface area is 167 Å². The van der Waals surface area contributed by atoms with Gasteiger partial charge in [0.2, 0.25) is 0 Å². The zero-order chi connectivity index (χ0) is 19.4. The third-order valence-electron chi connectivity index (χ3n) is 4.83. The lowest BCUT2D eigenvalue weighted by molar-refractivity contribution is -0.133. The second-order valence-corrected chi connectivity index (χ2v) is 7.40. The van der Waals surface area contributed by atoms with Crippen molar-refractivity contribution in [1.82, 2.24) is 9.80 Å². The Bertz CT molecular complexity index is 833. The summed E-state index contributed by atoms with van der Waals surface area (Å²) in [5, 5.41) is 0. The number of furan rings is 1. The van der Waals surface area contributed by atoms with Crippen molar-refractivity contribution in [2.45, 2.75) is 20.3 Å². The van der Waals surface area contributed by atoms with Crippen LogP contribution in [-0.4, -0.2) is 54.4 Å². The van der Waals surface area contributed by atoms with Gasteiger partial charge in [0, 0.05) is 26.2 Å². The van der Waals surface area contributed by atoms with Gasteiger partial charge in [-0.1, -0.05) is 12.1 Å². The minimum absolute atomic E-state index is 0.00334. The van der Waals surface area contributed by atoms with Crippen LogP contribution in [0.1, 0.15) is 28.1 Å². The Morgan fingerprint density at radius 3 is 2.56 bits per heavy atom. The van der Waals surface area contributed by atoms with Gasteiger partial charge in [0.25, 0.3) is 11.8 Å². The Morgan fingerprint density at radius 1 is 1.07 bits per heavy atom. The fourth-order valence-corrected chi connectivity index (χ4v) is 3.37. The smallest absolute Gasteiger partial charge is 0.289 e. The molecule has 3 rings (SSSR count). The van der Waals surface area contributed by atoms with Crippen LogP contribution in [0.5, 0.6) is 5.75 Å². The number of amides is 2. The number of ether oxygens (including phenoxy) is 1. The number of hydrogen-bond acceptors (Lipinski definition) is 4. The molecule has 0 saturated carbocycles. The summed E-state index contributed by atoms with van der Waals surface area (Å²) < 4.78 is 11.6. The van der Waals surface area contributed by atoms with E-state index >= 15 is 0 Å². The molecule has 144 valence electrons. The number of rotatable bonds is 4. The molecule has 0 aliphatic carbocycles. The summed E-state index contributed by atoms with van der Waals surface area (Å²) in [5.74, 6) is 0.825. The van der Waals surface area contributed by atoms with Gasteiger partial charge in [0.1, 0.15) is 5.75 Å². The maximum atomic E-state index is 12.5. The third-order valence-corrected chi connectivity index (χ3v) is 5.25. The highest BCUT2D eigenvalue weighted by molar-refractivity contribution is 9.10. The standard InChI is InChI=1S/C20H23BrN2O4/c1-14-5-3-6-16(15(14)2)26-13-19(24)22-9-4-10-23(12-11-22)20(25)17-7-8-18(21)27-17/h3,5-8H,4,9-13H2,1-2H3. The van der Waals surface area contributed by atoms with Gasteiger partial charge < -0.3 is 19.0 Å². The van der Waals surface area contributed by atoms with Crippen molar-refractivity contribution < 1.29 is 18.7 Å². The molecule has 7 heteroatoms. The van der Waals surface area contributed by atoms with Crippen LogP contribution in [0.3, 0.4) is 0 Å². The predicted molar refractivity (Wildman–Crippen MR) is 105 cm³/mol. The van der Waals surface area contributed by atoms with Gasteiger partial charge >= 0.3 is 0 Å². The number of carbonyl (C=O) groups excluding carboxylic acids is 2. The topological polar surface area (TPSA) is 63.0 Å². The molecule has 1 saturated heterocycles. The fraction of sp³-hybridized carbons (Fsp3) is 0.400. The Morgan fingerprint density at radius 2 is 1.81 bits per heavy atom. The first kappa shape index (κ1) is 19.5. The van der Waals surface area contributed by atoms with Crippen molar-refractivity contribution >= 4 is 27.7 Å². The summed E-state index contributed by atoms with van der Waals surface area (Å²) in [6.07, 6.45) is 0.725. The summed E-state index contributed by atoms with van der Waals surface area (Å²) in [6.45, 7) is 6.18. The van der Waals surface area contributed by atoms with Gasteiger partial charge in [-0.05, 0) is 65.5 Å². The minimum Gasteiger partial charge on any atom is -0.483 e. The lowest BCUT2D eigenvalue weighted by atomic mass is 10.1. The van der Waals surface area contributed by atoms with Crippen molar-refractivity contribution in [3.63, 3.8) is 0 Å². The van der Waals surface area contributed by atoms with E-state index in [9.17, 15) is 9.59 Å². The number of benzene rings is 1. The molecule has 1 aliphatic rings. The van der Waals surface area contributed by atoms with E-state index in [2.05, 4.69) is 15.9 Å². The molecular weight excluding hydrogens is 412 g/mol. The average molecular weight is 435 g/mol. The van der Waals surface area contributed by atoms with E-state index in [1.165, 1.54) is 0 Å². The van der Waals surface area contributed by atoms with Crippen LogP contribution < -0.4 is 4.74 Å². The van der Waals surface area contributed by atoms with E-state index in [4.69, 9.17) is 9.15 Å². The number of nitrogens with zero attached hydrogens (tertiary/aromatic N) is 2. The normalized spacial score (nSPS) is 14.8. The molecule has 2 amide bonds. The zero-order valence-corrected chi connectivity index (χ0v) is 17.1. The van der Waals surface area contributed by atoms with Crippen LogP contribution >= 0.6 is 15.9 Å². The SMILES string of the molecule is Cc1cccc(OCC(=O)N2CCCN(C(=O)c3ccc(Br)o3)CC2)c1C. The van der Waals surface area contributed by atoms with Gasteiger partial charge in [-0.2, -0.15) is 0 Å². The predicted octanol–water partition coefficient (Wildman–Crippen LogP) is 3.41. The first-order valence-electron chi connectivity index (χ1n) is 8.97. The zero-order valence-electron chi connectivity index (χ0n) is 15.5. The first-order valence-corrected chi connectivity index (χ1v) is 9.76. The Balaban J connectivity index is 1.55. The molecule has 0 N–H and O–H groups in total. The summed E-state index contributed by atoms with van der Waals surface area (Å²) in [5.41, 5.74) is 2.18. The molecule has 0 bridgehead atoms. The fourth-order valence-electron chi connectivity index (χ4n) is 3.07. The van der Waals surface area contributed by atoms with E-state index in [0.29, 0.717) is 36.6 Å². The van der Waals surface area contributed by atoms with Crippen molar-refractivity contribution in [3.8, 4) is 5.75 Å². The number of aryl methyl sites for hydroxylation is 1. The van der Waals surface area contributed by atoms with E-state index in [1.807, 2.05) is 32.0 Å². The molecule has 2 aromatic rings. The van der Waals surface area contributed by atoms with E-state index < -0.39 is 0 Å². The highest BCUT2D eigenvalue weighted by Gasteiger charge is 2.24. The lowest BCUT2D eigenvalue weighted by Crippen LogP contribution is -2.39. The van der Waals surface area contributed by atoms with Gasteiger partial charge in [0.15, 0.2) is 17.0 Å². The van der Waals surface area contributed by atoms with Crippen LogP contribution in [0, 0.1) is 13.8 Å².